The summed E-state index contributed by atoms with van der Waals surface area (Å²) in [6, 6.07) is 3.02. The normalized spacial score (nSPS) is 13.7. The molecule has 1 aromatic rings. The van der Waals surface area contributed by atoms with Crippen LogP contribution in [0.25, 0.3) is 0 Å². The monoisotopic (exact) mass is 324 g/mol. The summed E-state index contributed by atoms with van der Waals surface area (Å²) in [6.45, 7) is 0.0267. The van der Waals surface area contributed by atoms with E-state index in [-0.39, 0.29) is 22.3 Å². The zero-order valence-electron chi connectivity index (χ0n) is 10.6. The first kappa shape index (κ1) is 16.5. The molecule has 0 saturated carbocycles. The molecular formula is C10H16N2O4S3. The zero-order valence-corrected chi connectivity index (χ0v) is 13.0. The van der Waals surface area contributed by atoms with Gasteiger partial charge in [-0.2, -0.15) is 4.31 Å². The van der Waals surface area contributed by atoms with E-state index in [4.69, 9.17) is 22.7 Å². The number of aliphatic hydroxyl groups is 1. The van der Waals surface area contributed by atoms with Crippen molar-refractivity contribution in [1.29, 1.82) is 0 Å². The van der Waals surface area contributed by atoms with Crippen molar-refractivity contribution in [3.8, 4) is 0 Å². The zero-order chi connectivity index (χ0) is 14.6. The number of hydrogen-bond acceptors (Lipinski definition) is 6. The smallest absolute Gasteiger partial charge is 0.252 e. The third-order valence-corrected chi connectivity index (χ3v) is 6.07. The Bertz CT molecular complexity index is 541. The summed E-state index contributed by atoms with van der Waals surface area (Å²) in [5.74, 6) is 0. The molecule has 1 aromatic heterocycles. The molecule has 19 heavy (non-hydrogen) atoms. The van der Waals surface area contributed by atoms with Crippen molar-refractivity contribution in [1.82, 2.24) is 4.31 Å². The summed E-state index contributed by atoms with van der Waals surface area (Å²) in [5.41, 5.74) is 5.44. The van der Waals surface area contributed by atoms with Crippen LogP contribution in [0.1, 0.15) is 4.88 Å². The standard InChI is InChI=1S/C10H16N2O4S3/c1-12(5-7(13)6-16-2)19(14,15)9-4-3-8(18-9)10(11)17/h3-4,7,13H,5-6H2,1-2H3,(H2,11,17). The molecule has 9 heteroatoms. The van der Waals surface area contributed by atoms with Crippen LogP contribution in [-0.4, -0.2) is 56.2 Å². The van der Waals surface area contributed by atoms with E-state index in [9.17, 15) is 13.5 Å². The van der Waals surface area contributed by atoms with Crippen molar-refractivity contribution in [2.75, 3.05) is 27.3 Å². The molecule has 0 radical (unpaired) electrons. The molecule has 108 valence electrons. The van der Waals surface area contributed by atoms with Gasteiger partial charge < -0.3 is 15.6 Å². The molecule has 0 fully saturated rings. The molecule has 0 saturated heterocycles. The molecular weight excluding hydrogens is 308 g/mol. The van der Waals surface area contributed by atoms with Gasteiger partial charge >= 0.3 is 0 Å². The number of thiophene rings is 1. The van der Waals surface area contributed by atoms with Crippen molar-refractivity contribution < 1.29 is 18.3 Å². The number of rotatable bonds is 7. The number of hydrogen-bond donors (Lipinski definition) is 2. The van der Waals surface area contributed by atoms with E-state index in [2.05, 4.69) is 0 Å². The van der Waals surface area contributed by atoms with Gasteiger partial charge in [0.25, 0.3) is 10.0 Å². The first-order chi connectivity index (χ1) is 8.78. The van der Waals surface area contributed by atoms with E-state index in [1.165, 1.54) is 20.2 Å². The maximum atomic E-state index is 12.2. The van der Waals surface area contributed by atoms with Crippen molar-refractivity contribution in [3.05, 3.63) is 17.0 Å². The minimum Gasteiger partial charge on any atom is -0.389 e. The molecule has 0 aromatic carbocycles. The Kier molecular flexibility index (Phi) is 5.83. The summed E-state index contributed by atoms with van der Waals surface area (Å²) in [4.78, 5) is 0.702. The number of nitrogens with zero attached hydrogens (tertiary/aromatic N) is 1. The van der Waals surface area contributed by atoms with E-state index in [1.807, 2.05) is 0 Å². The van der Waals surface area contributed by atoms with Gasteiger partial charge in [0.05, 0.1) is 17.6 Å². The Morgan fingerprint density at radius 3 is 2.74 bits per heavy atom. The van der Waals surface area contributed by atoms with Gasteiger partial charge in [0.2, 0.25) is 0 Å². The molecule has 0 aliphatic rings. The van der Waals surface area contributed by atoms with Crippen LogP contribution in [0.15, 0.2) is 16.3 Å². The highest BCUT2D eigenvalue weighted by Crippen LogP contribution is 2.24. The molecule has 0 aliphatic heterocycles. The largest absolute Gasteiger partial charge is 0.389 e. The molecule has 0 aliphatic carbocycles. The lowest BCUT2D eigenvalue weighted by Crippen LogP contribution is -2.35. The van der Waals surface area contributed by atoms with E-state index in [1.54, 1.807) is 6.07 Å². The van der Waals surface area contributed by atoms with Gasteiger partial charge in [-0.1, -0.05) is 12.2 Å². The van der Waals surface area contributed by atoms with Gasteiger partial charge in [-0.05, 0) is 12.1 Å². The van der Waals surface area contributed by atoms with Crippen LogP contribution in [-0.2, 0) is 14.8 Å². The van der Waals surface area contributed by atoms with Crippen LogP contribution >= 0.6 is 23.6 Å². The second-order valence-electron chi connectivity index (χ2n) is 3.88. The van der Waals surface area contributed by atoms with Gasteiger partial charge in [-0.3, -0.25) is 0 Å². The predicted molar refractivity (Wildman–Crippen MR) is 77.9 cm³/mol. The third-order valence-electron chi connectivity index (χ3n) is 2.32. The lowest BCUT2D eigenvalue weighted by molar-refractivity contribution is 0.0554. The van der Waals surface area contributed by atoms with Crippen molar-refractivity contribution in [3.63, 3.8) is 0 Å². The van der Waals surface area contributed by atoms with Crippen molar-refractivity contribution in [2.45, 2.75) is 10.3 Å². The van der Waals surface area contributed by atoms with Gasteiger partial charge in [0.1, 0.15) is 9.20 Å². The lowest BCUT2D eigenvalue weighted by Gasteiger charge is -2.19. The maximum absolute atomic E-state index is 12.2. The topological polar surface area (TPSA) is 92.9 Å². The molecule has 1 heterocycles. The molecule has 1 unspecified atom stereocenters. The van der Waals surface area contributed by atoms with Crippen LogP contribution in [0, 0.1) is 0 Å². The molecule has 1 rings (SSSR count). The van der Waals surface area contributed by atoms with Crippen LogP contribution in [0.4, 0.5) is 0 Å². The summed E-state index contributed by atoms with van der Waals surface area (Å²) >= 11 is 5.80. The lowest BCUT2D eigenvalue weighted by atomic mass is 10.4. The fourth-order valence-electron chi connectivity index (χ4n) is 1.38. The van der Waals surface area contributed by atoms with Crippen molar-refractivity contribution in [2.24, 2.45) is 5.73 Å². The fourth-order valence-corrected chi connectivity index (χ4v) is 4.16. The van der Waals surface area contributed by atoms with Crippen LogP contribution < -0.4 is 5.73 Å². The fraction of sp³-hybridized carbons (Fsp3) is 0.500. The molecule has 6 nitrogen and oxygen atoms in total. The molecule has 3 N–H and O–H groups in total. The second kappa shape index (κ2) is 6.73. The van der Waals surface area contributed by atoms with Crippen LogP contribution in [0.2, 0.25) is 0 Å². The first-order valence-corrected chi connectivity index (χ1v) is 7.98. The minimum absolute atomic E-state index is 0.0452. The highest BCUT2D eigenvalue weighted by Gasteiger charge is 2.25. The maximum Gasteiger partial charge on any atom is 0.252 e. The molecule has 0 bridgehead atoms. The SMILES string of the molecule is COCC(O)CN(C)S(=O)(=O)c1ccc(C(N)=S)s1. The minimum atomic E-state index is -3.64. The van der Waals surface area contributed by atoms with E-state index >= 15 is 0 Å². The Morgan fingerprint density at radius 1 is 1.63 bits per heavy atom. The van der Waals surface area contributed by atoms with Gasteiger partial charge in [-0.15, -0.1) is 11.3 Å². The van der Waals surface area contributed by atoms with Gasteiger partial charge in [0.15, 0.2) is 0 Å². The Labute approximate surface area is 121 Å². The number of nitrogens with two attached hydrogens (primary N) is 1. The number of methoxy groups -OCH3 is 1. The number of likely N-dealkylation sites (N-methyl/N-ethyl adjacent to an activating group) is 1. The first-order valence-electron chi connectivity index (χ1n) is 5.32. The van der Waals surface area contributed by atoms with E-state index < -0.39 is 16.1 Å². The molecule has 0 amide bonds. The number of thiocarbonyl (C=S) groups is 1. The highest BCUT2D eigenvalue weighted by molar-refractivity contribution is 7.91. The summed E-state index contributed by atoms with van der Waals surface area (Å²) in [5, 5.41) is 9.55. The molecule has 1 atom stereocenters. The molecule has 0 spiro atoms. The highest BCUT2D eigenvalue weighted by atomic mass is 32.2. The van der Waals surface area contributed by atoms with Crippen molar-refractivity contribution >= 4 is 38.6 Å². The Hall–Kier alpha value is -0.580. The van der Waals surface area contributed by atoms with E-state index in [0.717, 1.165) is 15.6 Å². The number of ether oxygens (including phenoxy) is 1. The average Bonchev–Trinajstić information content (AvgIpc) is 2.78. The summed E-state index contributed by atoms with van der Waals surface area (Å²) in [6.07, 6.45) is -0.875. The Morgan fingerprint density at radius 2 is 2.26 bits per heavy atom. The predicted octanol–water partition coefficient (Wildman–Crippen LogP) is 0.0101. The summed E-state index contributed by atoms with van der Waals surface area (Å²) < 4.78 is 30.4. The average molecular weight is 324 g/mol. The van der Waals surface area contributed by atoms with Crippen LogP contribution in [0.3, 0.4) is 0 Å². The van der Waals surface area contributed by atoms with Gasteiger partial charge in [-0.25, -0.2) is 8.42 Å². The Balaban J connectivity index is 2.87. The quantitative estimate of drug-likeness (QED) is 0.686. The third kappa shape index (κ3) is 4.20. The van der Waals surface area contributed by atoms with E-state index in [0.29, 0.717) is 4.88 Å². The number of aliphatic hydroxyl groups excluding tert-OH is 1. The number of sulfonamides is 1. The van der Waals surface area contributed by atoms with Crippen LogP contribution in [0.5, 0.6) is 0 Å². The van der Waals surface area contributed by atoms with Gasteiger partial charge in [0, 0.05) is 20.7 Å². The summed E-state index contributed by atoms with van der Waals surface area (Å²) in [7, 11) is -0.811. The second-order valence-corrected chi connectivity index (χ2v) is 7.67.